The third-order valence-electron chi connectivity index (χ3n) is 4.20. The lowest BCUT2D eigenvalue weighted by atomic mass is 9.95. The van der Waals surface area contributed by atoms with Crippen LogP contribution in [0, 0.1) is 0 Å². The molecule has 0 bridgehead atoms. The van der Waals surface area contributed by atoms with E-state index in [2.05, 4.69) is 10.4 Å². The van der Waals surface area contributed by atoms with Gasteiger partial charge in [0.2, 0.25) is 5.91 Å². The van der Waals surface area contributed by atoms with Gasteiger partial charge >= 0.3 is 6.18 Å². The van der Waals surface area contributed by atoms with Crippen LogP contribution in [0.25, 0.3) is 0 Å². The molecule has 0 unspecified atom stereocenters. The minimum absolute atomic E-state index is 0.226. The number of para-hydroxylation sites is 2. The molecule has 0 fully saturated rings. The standard InChI is InChI=1S/C17H18F3N3O2/c1-25-14-9-5-3-7-12(14)21-15(24)10-23-13-8-4-2-6-11(13)16(22-23)17(18,19)20/h3,5,7,9H,2,4,6,8,10H2,1H3,(H,21,24). The molecule has 8 heteroatoms. The van der Waals surface area contributed by atoms with E-state index >= 15 is 0 Å². The molecule has 3 rings (SSSR count). The summed E-state index contributed by atoms with van der Waals surface area (Å²) in [7, 11) is 1.48. The summed E-state index contributed by atoms with van der Waals surface area (Å²) in [5, 5.41) is 6.35. The normalized spacial score (nSPS) is 14.1. The fraction of sp³-hybridized carbons (Fsp3) is 0.412. The molecule has 0 radical (unpaired) electrons. The molecular weight excluding hydrogens is 335 g/mol. The maximum atomic E-state index is 13.2. The highest BCUT2D eigenvalue weighted by Crippen LogP contribution is 2.35. The van der Waals surface area contributed by atoms with E-state index in [9.17, 15) is 18.0 Å². The van der Waals surface area contributed by atoms with Gasteiger partial charge in [-0.2, -0.15) is 18.3 Å². The molecule has 1 aliphatic rings. The van der Waals surface area contributed by atoms with E-state index in [0.29, 0.717) is 36.4 Å². The van der Waals surface area contributed by atoms with E-state index in [1.54, 1.807) is 24.3 Å². The molecule has 1 aromatic heterocycles. The minimum Gasteiger partial charge on any atom is -0.495 e. The number of halogens is 3. The number of aromatic nitrogens is 2. The number of fused-ring (bicyclic) bond motifs is 1. The number of carbonyl (C=O) groups excluding carboxylic acids is 1. The quantitative estimate of drug-likeness (QED) is 0.916. The molecule has 0 saturated carbocycles. The van der Waals surface area contributed by atoms with Crippen LogP contribution in [0.3, 0.4) is 0 Å². The van der Waals surface area contributed by atoms with E-state index < -0.39 is 17.8 Å². The Morgan fingerprint density at radius 3 is 2.72 bits per heavy atom. The van der Waals surface area contributed by atoms with E-state index in [0.717, 1.165) is 6.42 Å². The molecular formula is C17H18F3N3O2. The van der Waals surface area contributed by atoms with Gasteiger partial charge in [0.15, 0.2) is 5.69 Å². The Bertz CT molecular complexity index is 784. The van der Waals surface area contributed by atoms with Gasteiger partial charge in [0.25, 0.3) is 0 Å². The van der Waals surface area contributed by atoms with E-state index in [-0.39, 0.29) is 12.1 Å². The second-order valence-electron chi connectivity index (χ2n) is 5.88. The number of nitrogens with zero attached hydrogens (tertiary/aromatic N) is 2. The molecule has 25 heavy (non-hydrogen) atoms. The topological polar surface area (TPSA) is 56.1 Å². The Morgan fingerprint density at radius 1 is 1.28 bits per heavy atom. The van der Waals surface area contributed by atoms with Crippen molar-refractivity contribution in [3.05, 3.63) is 41.2 Å². The predicted octanol–water partition coefficient (Wildman–Crippen LogP) is 3.43. The third-order valence-corrected chi connectivity index (χ3v) is 4.20. The Morgan fingerprint density at radius 2 is 2.00 bits per heavy atom. The van der Waals surface area contributed by atoms with Crippen molar-refractivity contribution in [2.24, 2.45) is 0 Å². The van der Waals surface area contributed by atoms with Gasteiger partial charge in [-0.05, 0) is 37.8 Å². The largest absolute Gasteiger partial charge is 0.495 e. The summed E-state index contributed by atoms with van der Waals surface area (Å²) >= 11 is 0. The molecule has 1 aromatic carbocycles. The van der Waals surface area contributed by atoms with Gasteiger partial charge in [-0.25, -0.2) is 0 Å². The highest BCUT2D eigenvalue weighted by atomic mass is 19.4. The first-order chi connectivity index (χ1) is 11.9. The number of nitrogens with one attached hydrogen (secondary N) is 1. The van der Waals surface area contributed by atoms with Crippen LogP contribution in [0.4, 0.5) is 18.9 Å². The predicted molar refractivity (Wildman–Crippen MR) is 85.5 cm³/mol. The number of carbonyl (C=O) groups is 1. The van der Waals surface area contributed by atoms with Gasteiger partial charge in [0.1, 0.15) is 12.3 Å². The van der Waals surface area contributed by atoms with Crippen LogP contribution in [0.15, 0.2) is 24.3 Å². The average Bonchev–Trinajstić information content (AvgIpc) is 2.94. The van der Waals surface area contributed by atoms with Crippen LogP contribution in [-0.4, -0.2) is 22.8 Å². The lowest BCUT2D eigenvalue weighted by Crippen LogP contribution is -2.22. The SMILES string of the molecule is COc1ccccc1NC(=O)Cn1nc(C(F)(F)F)c2c1CCCC2. The smallest absolute Gasteiger partial charge is 0.435 e. The summed E-state index contributed by atoms with van der Waals surface area (Å²) in [5.41, 5.74) is 0.331. The fourth-order valence-corrected chi connectivity index (χ4v) is 3.10. The second-order valence-corrected chi connectivity index (χ2v) is 5.88. The van der Waals surface area contributed by atoms with Crippen molar-refractivity contribution in [2.45, 2.75) is 38.4 Å². The van der Waals surface area contributed by atoms with Gasteiger partial charge in [0.05, 0.1) is 12.8 Å². The first-order valence-electron chi connectivity index (χ1n) is 7.98. The number of rotatable bonds is 4. The first kappa shape index (κ1) is 17.3. The lowest BCUT2D eigenvalue weighted by Gasteiger charge is -2.15. The molecule has 134 valence electrons. The summed E-state index contributed by atoms with van der Waals surface area (Å²) in [6.45, 7) is -0.267. The number of benzene rings is 1. The molecule has 1 amide bonds. The molecule has 1 N–H and O–H groups in total. The number of anilines is 1. The van der Waals surface area contributed by atoms with Gasteiger partial charge in [0, 0.05) is 11.3 Å². The van der Waals surface area contributed by atoms with Gasteiger partial charge in [-0.15, -0.1) is 0 Å². The number of hydrogen-bond donors (Lipinski definition) is 1. The number of alkyl halides is 3. The lowest BCUT2D eigenvalue weighted by molar-refractivity contribution is -0.142. The maximum absolute atomic E-state index is 13.2. The molecule has 0 aliphatic heterocycles. The van der Waals surface area contributed by atoms with Crippen molar-refractivity contribution in [1.29, 1.82) is 0 Å². The van der Waals surface area contributed by atoms with Crippen molar-refractivity contribution >= 4 is 11.6 Å². The fourth-order valence-electron chi connectivity index (χ4n) is 3.10. The monoisotopic (exact) mass is 353 g/mol. The molecule has 2 aromatic rings. The second kappa shape index (κ2) is 6.78. The number of amides is 1. The van der Waals surface area contributed by atoms with Crippen LogP contribution in [0.2, 0.25) is 0 Å². The maximum Gasteiger partial charge on any atom is 0.435 e. The highest BCUT2D eigenvalue weighted by Gasteiger charge is 2.39. The highest BCUT2D eigenvalue weighted by molar-refractivity contribution is 5.92. The van der Waals surface area contributed by atoms with Crippen LogP contribution in [0.1, 0.15) is 29.8 Å². The molecule has 0 saturated heterocycles. The van der Waals surface area contributed by atoms with Crippen molar-refractivity contribution < 1.29 is 22.7 Å². The number of ether oxygens (including phenoxy) is 1. The van der Waals surface area contributed by atoms with Crippen molar-refractivity contribution in [3.8, 4) is 5.75 Å². The summed E-state index contributed by atoms with van der Waals surface area (Å²) < 4.78 is 45.9. The molecule has 1 heterocycles. The van der Waals surface area contributed by atoms with Gasteiger partial charge < -0.3 is 10.1 Å². The zero-order valence-electron chi connectivity index (χ0n) is 13.7. The van der Waals surface area contributed by atoms with Gasteiger partial charge in [-0.3, -0.25) is 9.48 Å². The van der Waals surface area contributed by atoms with Crippen LogP contribution >= 0.6 is 0 Å². The van der Waals surface area contributed by atoms with Crippen LogP contribution in [-0.2, 0) is 30.4 Å². The van der Waals surface area contributed by atoms with Crippen LogP contribution in [0.5, 0.6) is 5.75 Å². The Balaban J connectivity index is 1.83. The van der Waals surface area contributed by atoms with Crippen molar-refractivity contribution in [1.82, 2.24) is 9.78 Å². The van der Waals surface area contributed by atoms with Crippen molar-refractivity contribution in [2.75, 3.05) is 12.4 Å². The zero-order chi connectivity index (χ0) is 18.0. The van der Waals surface area contributed by atoms with Gasteiger partial charge in [-0.1, -0.05) is 12.1 Å². The summed E-state index contributed by atoms with van der Waals surface area (Å²) in [6.07, 6.45) is -2.16. The third kappa shape index (κ3) is 3.62. The van der Waals surface area contributed by atoms with Crippen LogP contribution < -0.4 is 10.1 Å². The molecule has 5 nitrogen and oxygen atoms in total. The van der Waals surface area contributed by atoms with E-state index in [1.807, 2.05) is 0 Å². The number of hydrogen-bond acceptors (Lipinski definition) is 3. The van der Waals surface area contributed by atoms with Crippen molar-refractivity contribution in [3.63, 3.8) is 0 Å². The summed E-state index contributed by atoms with van der Waals surface area (Å²) in [4.78, 5) is 12.3. The molecule has 1 aliphatic carbocycles. The molecule has 0 spiro atoms. The summed E-state index contributed by atoms with van der Waals surface area (Å²) in [6, 6.07) is 6.84. The minimum atomic E-state index is -4.51. The van der Waals surface area contributed by atoms with E-state index in [1.165, 1.54) is 11.8 Å². The summed E-state index contributed by atoms with van der Waals surface area (Å²) in [5.74, 6) is 0.0309. The number of methoxy groups -OCH3 is 1. The van der Waals surface area contributed by atoms with E-state index in [4.69, 9.17) is 4.74 Å². The Kier molecular flexibility index (Phi) is 4.69. The first-order valence-corrected chi connectivity index (χ1v) is 7.98. The Hall–Kier alpha value is -2.51. The zero-order valence-corrected chi connectivity index (χ0v) is 13.7. The Labute approximate surface area is 142 Å². The average molecular weight is 353 g/mol. The molecule has 0 atom stereocenters.